The van der Waals surface area contributed by atoms with Gasteiger partial charge < -0.3 is 14.6 Å². The number of carbonyl (C=O) groups excluding carboxylic acids is 1. The van der Waals surface area contributed by atoms with E-state index in [1.165, 1.54) is 26.2 Å². The molecule has 82 valence electrons. The van der Waals surface area contributed by atoms with E-state index < -0.39 is 11.4 Å². The summed E-state index contributed by atoms with van der Waals surface area (Å²) in [5, 5.41) is 9.49. The molecule has 4 heteroatoms. The first kappa shape index (κ1) is 11.7. The molecule has 0 amide bonds. The predicted octanol–water partition coefficient (Wildman–Crippen LogP) is 1.33. The molecule has 0 saturated carbocycles. The van der Waals surface area contributed by atoms with Crippen LogP contribution in [0.4, 0.5) is 4.39 Å². The Morgan fingerprint density at radius 3 is 2.80 bits per heavy atom. The van der Waals surface area contributed by atoms with E-state index in [1.54, 1.807) is 6.07 Å². The summed E-state index contributed by atoms with van der Waals surface area (Å²) in [7, 11) is 1.36. The minimum Gasteiger partial charge on any atom is -0.494 e. The zero-order valence-corrected chi connectivity index (χ0v) is 8.66. The minimum absolute atomic E-state index is 0.0699. The third kappa shape index (κ3) is 2.76. The highest BCUT2D eigenvalue weighted by molar-refractivity contribution is 5.62. The largest absolute Gasteiger partial charge is 0.494 e. The van der Waals surface area contributed by atoms with E-state index in [2.05, 4.69) is 0 Å². The molecule has 0 spiro atoms. The molecular weight excluding hydrogens is 199 g/mol. The van der Waals surface area contributed by atoms with Crippen LogP contribution in [0.15, 0.2) is 18.2 Å². The van der Waals surface area contributed by atoms with Crippen LogP contribution >= 0.6 is 0 Å². The summed E-state index contributed by atoms with van der Waals surface area (Å²) >= 11 is 0. The zero-order chi connectivity index (χ0) is 11.5. The number of aliphatic hydroxyl groups is 1. The lowest BCUT2D eigenvalue weighted by Gasteiger charge is -2.16. The van der Waals surface area contributed by atoms with Gasteiger partial charge in [0.15, 0.2) is 17.9 Å². The lowest BCUT2D eigenvalue weighted by atomic mass is 9.97. The third-order valence-corrected chi connectivity index (χ3v) is 2.07. The summed E-state index contributed by atoms with van der Waals surface area (Å²) in [4.78, 5) is 10.5. The third-order valence-electron chi connectivity index (χ3n) is 2.07. The van der Waals surface area contributed by atoms with E-state index >= 15 is 0 Å². The van der Waals surface area contributed by atoms with Crippen molar-refractivity contribution in [2.45, 2.75) is 18.9 Å². The molecule has 0 aliphatic heterocycles. The van der Waals surface area contributed by atoms with Gasteiger partial charge in [0.05, 0.1) is 7.11 Å². The number of rotatable bonds is 4. The van der Waals surface area contributed by atoms with Gasteiger partial charge in [-0.05, 0) is 18.6 Å². The average molecular weight is 212 g/mol. The van der Waals surface area contributed by atoms with E-state index in [-0.39, 0.29) is 17.7 Å². The topological polar surface area (TPSA) is 46.5 Å². The lowest BCUT2D eigenvalue weighted by molar-refractivity contribution is -0.122. The van der Waals surface area contributed by atoms with Gasteiger partial charge in [-0.25, -0.2) is 4.39 Å². The van der Waals surface area contributed by atoms with Crippen LogP contribution in [0.1, 0.15) is 12.5 Å². The Morgan fingerprint density at radius 2 is 2.27 bits per heavy atom. The summed E-state index contributed by atoms with van der Waals surface area (Å²) < 4.78 is 18.4. The first-order chi connectivity index (χ1) is 7.00. The first-order valence-electron chi connectivity index (χ1n) is 4.50. The van der Waals surface area contributed by atoms with E-state index in [4.69, 9.17) is 4.74 Å². The van der Waals surface area contributed by atoms with E-state index in [0.717, 1.165) is 0 Å². The van der Waals surface area contributed by atoms with Gasteiger partial charge in [0.25, 0.3) is 0 Å². The van der Waals surface area contributed by atoms with Gasteiger partial charge in [0.1, 0.15) is 5.60 Å². The number of hydrogen-bond donors (Lipinski definition) is 1. The molecule has 0 saturated heterocycles. The van der Waals surface area contributed by atoms with Gasteiger partial charge in [-0.3, -0.25) is 0 Å². The summed E-state index contributed by atoms with van der Waals surface area (Å²) in [5.74, 6) is -0.434. The molecule has 1 unspecified atom stereocenters. The molecule has 1 atom stereocenters. The first-order valence-corrected chi connectivity index (χ1v) is 4.50. The van der Waals surface area contributed by atoms with Crippen molar-refractivity contribution < 1.29 is 19.0 Å². The van der Waals surface area contributed by atoms with E-state index in [0.29, 0.717) is 6.29 Å². The van der Waals surface area contributed by atoms with Crippen molar-refractivity contribution in [1.29, 1.82) is 0 Å². The summed E-state index contributed by atoms with van der Waals surface area (Å²) in [6.07, 6.45) is 0.325. The van der Waals surface area contributed by atoms with Gasteiger partial charge in [0.2, 0.25) is 0 Å². The lowest BCUT2D eigenvalue weighted by Crippen LogP contribution is -2.29. The van der Waals surface area contributed by atoms with Gasteiger partial charge >= 0.3 is 0 Å². The smallest absolute Gasteiger partial charge is 0.168 e. The molecule has 0 heterocycles. The molecule has 15 heavy (non-hydrogen) atoms. The zero-order valence-electron chi connectivity index (χ0n) is 8.66. The van der Waals surface area contributed by atoms with Crippen LogP contribution in [0.3, 0.4) is 0 Å². The van der Waals surface area contributed by atoms with Crippen LogP contribution in [-0.4, -0.2) is 24.1 Å². The second-order valence-corrected chi connectivity index (χ2v) is 3.59. The van der Waals surface area contributed by atoms with Crippen LogP contribution in [0.25, 0.3) is 0 Å². The molecule has 0 aliphatic carbocycles. The number of methoxy groups -OCH3 is 1. The maximum absolute atomic E-state index is 13.6. The SMILES string of the molecule is COc1cccc(CC(C)(O)C=O)c1F. The van der Waals surface area contributed by atoms with Crippen molar-refractivity contribution in [2.24, 2.45) is 0 Å². The molecule has 0 aliphatic rings. The fourth-order valence-electron chi connectivity index (χ4n) is 1.28. The molecule has 1 aromatic rings. The van der Waals surface area contributed by atoms with Gasteiger partial charge in [0, 0.05) is 6.42 Å². The summed E-state index contributed by atoms with van der Waals surface area (Å²) in [6, 6.07) is 4.60. The molecule has 3 nitrogen and oxygen atoms in total. The number of carbonyl (C=O) groups is 1. The highest BCUT2D eigenvalue weighted by atomic mass is 19.1. The second kappa shape index (κ2) is 4.40. The van der Waals surface area contributed by atoms with Gasteiger partial charge in [-0.2, -0.15) is 0 Å². The molecule has 0 radical (unpaired) electrons. The average Bonchev–Trinajstić information content (AvgIpc) is 2.21. The molecule has 0 fully saturated rings. The fraction of sp³-hybridized carbons (Fsp3) is 0.364. The van der Waals surface area contributed by atoms with Crippen molar-refractivity contribution in [3.8, 4) is 5.75 Å². The van der Waals surface area contributed by atoms with E-state index in [9.17, 15) is 14.3 Å². The van der Waals surface area contributed by atoms with Crippen LogP contribution in [0.5, 0.6) is 5.75 Å². The number of hydrogen-bond acceptors (Lipinski definition) is 3. The number of benzene rings is 1. The molecule has 1 N–H and O–H groups in total. The Labute approximate surface area is 87.5 Å². The number of halogens is 1. The normalized spacial score (nSPS) is 14.4. The van der Waals surface area contributed by atoms with Crippen molar-refractivity contribution in [3.63, 3.8) is 0 Å². The van der Waals surface area contributed by atoms with Gasteiger partial charge in [-0.1, -0.05) is 12.1 Å². The van der Waals surface area contributed by atoms with Crippen molar-refractivity contribution in [1.82, 2.24) is 0 Å². The molecule has 0 aromatic heterocycles. The maximum atomic E-state index is 13.6. The number of ether oxygens (including phenoxy) is 1. The quantitative estimate of drug-likeness (QED) is 0.766. The fourth-order valence-corrected chi connectivity index (χ4v) is 1.28. The summed E-state index contributed by atoms with van der Waals surface area (Å²) in [6.45, 7) is 1.33. The Kier molecular flexibility index (Phi) is 3.42. The molecular formula is C11H13FO3. The van der Waals surface area contributed by atoms with Gasteiger partial charge in [-0.15, -0.1) is 0 Å². The van der Waals surface area contributed by atoms with Crippen LogP contribution in [0.2, 0.25) is 0 Å². The Morgan fingerprint density at radius 1 is 1.60 bits per heavy atom. The monoisotopic (exact) mass is 212 g/mol. The predicted molar refractivity (Wildman–Crippen MR) is 53.3 cm³/mol. The maximum Gasteiger partial charge on any atom is 0.168 e. The highest BCUT2D eigenvalue weighted by Crippen LogP contribution is 2.22. The Hall–Kier alpha value is -1.42. The Balaban J connectivity index is 3.00. The highest BCUT2D eigenvalue weighted by Gasteiger charge is 2.22. The minimum atomic E-state index is -1.55. The molecule has 1 aromatic carbocycles. The van der Waals surface area contributed by atoms with Crippen molar-refractivity contribution in [2.75, 3.05) is 7.11 Å². The van der Waals surface area contributed by atoms with Crippen LogP contribution < -0.4 is 4.74 Å². The Bertz CT molecular complexity index is 361. The second-order valence-electron chi connectivity index (χ2n) is 3.59. The van der Waals surface area contributed by atoms with Crippen molar-refractivity contribution >= 4 is 6.29 Å². The standard InChI is InChI=1S/C11H13FO3/c1-11(14,7-13)6-8-4-3-5-9(15-2)10(8)12/h3-5,7,14H,6H2,1-2H3. The molecule has 1 rings (SSSR count). The van der Waals surface area contributed by atoms with Crippen LogP contribution in [-0.2, 0) is 11.2 Å². The molecule has 0 bridgehead atoms. The summed E-state index contributed by atoms with van der Waals surface area (Å²) in [5.41, 5.74) is -1.29. The van der Waals surface area contributed by atoms with E-state index in [1.807, 2.05) is 0 Å². The van der Waals surface area contributed by atoms with Crippen molar-refractivity contribution in [3.05, 3.63) is 29.6 Å². The van der Waals surface area contributed by atoms with Crippen LogP contribution in [0, 0.1) is 5.82 Å². The number of aldehydes is 1.